The first-order valence-electron chi connectivity index (χ1n) is 7.03. The molecule has 0 aromatic heterocycles. The minimum atomic E-state index is -2.38. The summed E-state index contributed by atoms with van der Waals surface area (Å²) >= 11 is 0.556. The Morgan fingerprint density at radius 2 is 1.80 bits per heavy atom. The Labute approximate surface area is 123 Å². The smallest absolute Gasteiger partial charge is 0.288 e. The molecule has 1 aliphatic rings. The second-order valence-electron chi connectivity index (χ2n) is 5.48. The van der Waals surface area contributed by atoms with Crippen LogP contribution in [0.25, 0.3) is 0 Å². The van der Waals surface area contributed by atoms with Crippen LogP contribution in [0.15, 0.2) is 29.2 Å². The van der Waals surface area contributed by atoms with Gasteiger partial charge in [0.2, 0.25) is 0 Å². The van der Waals surface area contributed by atoms with Gasteiger partial charge in [-0.3, -0.25) is 0 Å². The van der Waals surface area contributed by atoms with E-state index >= 15 is 0 Å². The molecule has 1 aliphatic carbocycles. The van der Waals surface area contributed by atoms with Gasteiger partial charge in [0.25, 0.3) is 5.76 Å². The average molecular weight is 301 g/mol. The summed E-state index contributed by atoms with van der Waals surface area (Å²) in [5, 5.41) is 13.0. The van der Waals surface area contributed by atoms with Gasteiger partial charge in [-0.05, 0) is 37.1 Å². The summed E-state index contributed by atoms with van der Waals surface area (Å²) in [5.74, 6) is -2.38. The summed E-state index contributed by atoms with van der Waals surface area (Å²) in [4.78, 5) is 0.570. The molecular weight excluding hydrogens is 280 g/mol. The summed E-state index contributed by atoms with van der Waals surface area (Å²) in [5.41, 5.74) is 0.899. The molecule has 2 N–H and O–H groups in total. The molecule has 5 heteroatoms. The second-order valence-corrected chi connectivity index (χ2v) is 6.54. The summed E-state index contributed by atoms with van der Waals surface area (Å²) in [6.07, 6.45) is 5.70. The molecule has 0 aliphatic heterocycles. The van der Waals surface area contributed by atoms with Gasteiger partial charge in [-0.1, -0.05) is 31.0 Å². The maximum Gasteiger partial charge on any atom is 0.288 e. The molecule has 112 valence electrons. The van der Waals surface area contributed by atoms with E-state index in [-0.39, 0.29) is 12.0 Å². The number of rotatable bonds is 6. The minimum Gasteiger partial charge on any atom is -0.396 e. The van der Waals surface area contributed by atoms with Crippen LogP contribution in [0.2, 0.25) is 0 Å². The van der Waals surface area contributed by atoms with Gasteiger partial charge in [0, 0.05) is 22.5 Å². The fourth-order valence-corrected chi connectivity index (χ4v) is 3.24. The normalized spacial score (nSPS) is 18.2. The van der Waals surface area contributed by atoms with Crippen molar-refractivity contribution in [1.82, 2.24) is 0 Å². The van der Waals surface area contributed by atoms with Crippen LogP contribution in [0.5, 0.6) is 0 Å². The second kappa shape index (κ2) is 7.27. The molecule has 0 radical (unpaired) electrons. The SMILES string of the molecule is OCC1(CNc2ccc(SC(F)F)cc2)CCCCC1. The zero-order valence-electron chi connectivity index (χ0n) is 11.4. The number of aliphatic hydroxyl groups is 1. The van der Waals surface area contributed by atoms with Crippen LogP contribution in [0.4, 0.5) is 14.5 Å². The van der Waals surface area contributed by atoms with Crippen molar-refractivity contribution in [2.75, 3.05) is 18.5 Å². The number of aliphatic hydroxyl groups excluding tert-OH is 1. The van der Waals surface area contributed by atoms with Crippen molar-refractivity contribution in [2.45, 2.75) is 42.8 Å². The standard InChI is InChI=1S/C15H21F2NOS/c16-14(17)20-13-6-4-12(5-7-13)18-10-15(11-19)8-2-1-3-9-15/h4-7,14,18-19H,1-3,8-11H2. The third kappa shape index (κ3) is 4.35. The highest BCUT2D eigenvalue weighted by Gasteiger charge is 2.30. The van der Waals surface area contributed by atoms with E-state index < -0.39 is 5.76 Å². The summed E-state index contributed by atoms with van der Waals surface area (Å²) < 4.78 is 24.5. The van der Waals surface area contributed by atoms with Crippen molar-refractivity contribution in [2.24, 2.45) is 5.41 Å². The molecule has 0 spiro atoms. The van der Waals surface area contributed by atoms with E-state index in [9.17, 15) is 13.9 Å². The van der Waals surface area contributed by atoms with Crippen LogP contribution >= 0.6 is 11.8 Å². The summed E-state index contributed by atoms with van der Waals surface area (Å²) in [6.45, 7) is 0.949. The molecule has 2 nitrogen and oxygen atoms in total. The fourth-order valence-electron chi connectivity index (χ4n) is 2.74. The predicted molar refractivity (Wildman–Crippen MR) is 79.4 cm³/mol. The number of hydrogen-bond acceptors (Lipinski definition) is 3. The predicted octanol–water partition coefficient (Wildman–Crippen LogP) is 4.36. The van der Waals surface area contributed by atoms with Crippen LogP contribution in [0.1, 0.15) is 32.1 Å². The number of hydrogen-bond donors (Lipinski definition) is 2. The van der Waals surface area contributed by atoms with Gasteiger partial charge in [0.15, 0.2) is 0 Å². The van der Waals surface area contributed by atoms with Crippen LogP contribution in [-0.4, -0.2) is 24.0 Å². The maximum absolute atomic E-state index is 12.2. The lowest BCUT2D eigenvalue weighted by atomic mass is 9.74. The molecule has 1 saturated carbocycles. The van der Waals surface area contributed by atoms with Crippen molar-refractivity contribution in [3.63, 3.8) is 0 Å². The highest BCUT2D eigenvalue weighted by atomic mass is 32.2. The Kier molecular flexibility index (Phi) is 5.66. The molecule has 0 bridgehead atoms. The van der Waals surface area contributed by atoms with Crippen LogP contribution in [0, 0.1) is 5.41 Å². The van der Waals surface area contributed by atoms with Crippen molar-refractivity contribution < 1.29 is 13.9 Å². The first kappa shape index (κ1) is 15.6. The molecule has 20 heavy (non-hydrogen) atoms. The number of benzene rings is 1. The van der Waals surface area contributed by atoms with E-state index in [1.54, 1.807) is 12.1 Å². The lowest BCUT2D eigenvalue weighted by Crippen LogP contribution is -2.35. The first-order chi connectivity index (χ1) is 9.63. The molecule has 1 aromatic carbocycles. The topological polar surface area (TPSA) is 32.3 Å². The third-order valence-electron chi connectivity index (χ3n) is 4.00. The highest BCUT2D eigenvalue weighted by molar-refractivity contribution is 7.99. The molecule has 0 atom stereocenters. The van der Waals surface area contributed by atoms with E-state index in [0.717, 1.165) is 25.1 Å². The zero-order chi connectivity index (χ0) is 14.4. The monoisotopic (exact) mass is 301 g/mol. The minimum absolute atomic E-state index is 0.0192. The molecule has 1 aromatic rings. The number of anilines is 1. The Morgan fingerprint density at radius 1 is 1.15 bits per heavy atom. The van der Waals surface area contributed by atoms with Crippen molar-refractivity contribution >= 4 is 17.4 Å². The number of halogens is 2. The van der Waals surface area contributed by atoms with Gasteiger partial charge in [0.1, 0.15) is 0 Å². The van der Waals surface area contributed by atoms with Gasteiger partial charge in [-0.2, -0.15) is 8.78 Å². The highest BCUT2D eigenvalue weighted by Crippen LogP contribution is 2.36. The molecule has 0 amide bonds. The zero-order valence-corrected chi connectivity index (χ0v) is 12.3. The molecule has 0 unspecified atom stereocenters. The Morgan fingerprint density at radius 3 is 2.35 bits per heavy atom. The number of nitrogens with one attached hydrogen (secondary N) is 1. The van der Waals surface area contributed by atoms with Crippen LogP contribution in [0.3, 0.4) is 0 Å². The van der Waals surface area contributed by atoms with E-state index in [1.165, 1.54) is 19.3 Å². The van der Waals surface area contributed by atoms with Gasteiger partial charge in [0.05, 0.1) is 6.61 Å². The Balaban J connectivity index is 1.89. The van der Waals surface area contributed by atoms with E-state index in [0.29, 0.717) is 16.7 Å². The lowest BCUT2D eigenvalue weighted by molar-refractivity contribution is 0.0944. The average Bonchev–Trinajstić information content (AvgIpc) is 2.47. The largest absolute Gasteiger partial charge is 0.396 e. The van der Waals surface area contributed by atoms with Gasteiger partial charge < -0.3 is 10.4 Å². The van der Waals surface area contributed by atoms with Crippen molar-refractivity contribution in [1.29, 1.82) is 0 Å². The Bertz CT molecular complexity index is 405. The van der Waals surface area contributed by atoms with Gasteiger partial charge >= 0.3 is 0 Å². The summed E-state index contributed by atoms with van der Waals surface area (Å²) in [7, 11) is 0. The number of thioether (sulfide) groups is 1. The van der Waals surface area contributed by atoms with Gasteiger partial charge in [-0.15, -0.1) is 0 Å². The van der Waals surface area contributed by atoms with E-state index in [1.807, 2.05) is 12.1 Å². The van der Waals surface area contributed by atoms with E-state index in [4.69, 9.17) is 0 Å². The quantitative estimate of drug-likeness (QED) is 0.766. The van der Waals surface area contributed by atoms with E-state index in [2.05, 4.69) is 5.32 Å². The van der Waals surface area contributed by atoms with Crippen LogP contribution in [-0.2, 0) is 0 Å². The molecule has 1 fully saturated rings. The van der Waals surface area contributed by atoms with Crippen molar-refractivity contribution in [3.8, 4) is 0 Å². The third-order valence-corrected chi connectivity index (χ3v) is 4.72. The maximum atomic E-state index is 12.2. The number of alkyl halides is 2. The Hall–Kier alpha value is -0.810. The molecular formula is C15H21F2NOS. The lowest BCUT2D eigenvalue weighted by Gasteiger charge is -2.36. The van der Waals surface area contributed by atoms with Crippen LogP contribution < -0.4 is 5.32 Å². The molecule has 0 heterocycles. The van der Waals surface area contributed by atoms with Gasteiger partial charge in [-0.25, -0.2) is 0 Å². The summed E-state index contributed by atoms with van der Waals surface area (Å²) in [6, 6.07) is 7.04. The molecule has 2 rings (SSSR count). The van der Waals surface area contributed by atoms with Crippen molar-refractivity contribution in [3.05, 3.63) is 24.3 Å². The first-order valence-corrected chi connectivity index (χ1v) is 7.91. The fraction of sp³-hybridized carbons (Fsp3) is 0.600. The molecule has 0 saturated heterocycles.